The van der Waals surface area contributed by atoms with Crippen molar-refractivity contribution in [3.63, 3.8) is 0 Å². The molecule has 1 N–H and O–H groups in total. The van der Waals surface area contributed by atoms with Gasteiger partial charge in [0.2, 0.25) is 15.9 Å². The first-order valence-corrected chi connectivity index (χ1v) is 10.6. The molecule has 0 saturated carbocycles. The van der Waals surface area contributed by atoms with Crippen LogP contribution < -0.4 is 5.32 Å². The zero-order valence-electron chi connectivity index (χ0n) is 13.2. The van der Waals surface area contributed by atoms with Crippen LogP contribution in [0.1, 0.15) is 12.8 Å². The molecule has 0 aromatic heterocycles. The number of anilines is 1. The number of hydrogen-bond acceptors (Lipinski definition) is 3. The number of benzene rings is 2. The summed E-state index contributed by atoms with van der Waals surface area (Å²) in [6.45, 7) is 0.329. The standard InChI is InChI=1S/C17H16ClIN2O3S/c18-12-3-9-15(10-4-12)25(23,24)21-11-1-2-16(21)17(22)20-14-7-5-13(19)6-8-14/h3-10,16H,1-2,11H2,(H,20,22). The van der Waals surface area contributed by atoms with E-state index in [4.69, 9.17) is 11.6 Å². The number of hydrogen-bond donors (Lipinski definition) is 1. The molecule has 0 spiro atoms. The van der Waals surface area contributed by atoms with Crippen LogP contribution in [0, 0.1) is 3.57 Å². The predicted molar refractivity (Wildman–Crippen MR) is 106 cm³/mol. The molecule has 132 valence electrons. The number of rotatable bonds is 4. The molecule has 5 nitrogen and oxygen atoms in total. The summed E-state index contributed by atoms with van der Waals surface area (Å²) in [5.74, 6) is -0.309. The van der Waals surface area contributed by atoms with Gasteiger partial charge in [0.05, 0.1) is 4.90 Å². The molecule has 2 aromatic rings. The number of carbonyl (C=O) groups excluding carboxylic acids is 1. The Hall–Kier alpha value is -1.16. The summed E-state index contributed by atoms with van der Waals surface area (Å²) in [4.78, 5) is 12.7. The van der Waals surface area contributed by atoms with E-state index in [1.165, 1.54) is 28.6 Å². The van der Waals surface area contributed by atoms with Gasteiger partial charge in [-0.25, -0.2) is 8.42 Å². The third kappa shape index (κ3) is 4.16. The smallest absolute Gasteiger partial charge is 0.243 e. The summed E-state index contributed by atoms with van der Waals surface area (Å²) >= 11 is 8.01. The first-order chi connectivity index (χ1) is 11.9. The van der Waals surface area contributed by atoms with Gasteiger partial charge in [0, 0.05) is 20.8 Å². The molecule has 1 heterocycles. The van der Waals surface area contributed by atoms with Gasteiger partial charge in [-0.2, -0.15) is 4.31 Å². The van der Waals surface area contributed by atoms with Crippen LogP contribution in [0.15, 0.2) is 53.4 Å². The Morgan fingerprint density at radius 1 is 1.12 bits per heavy atom. The minimum atomic E-state index is -3.74. The molecule has 3 rings (SSSR count). The van der Waals surface area contributed by atoms with E-state index < -0.39 is 16.1 Å². The van der Waals surface area contributed by atoms with Gasteiger partial charge in [-0.15, -0.1) is 0 Å². The van der Waals surface area contributed by atoms with Crippen LogP contribution in [0.3, 0.4) is 0 Å². The largest absolute Gasteiger partial charge is 0.325 e. The van der Waals surface area contributed by atoms with Crippen molar-refractivity contribution in [1.29, 1.82) is 0 Å². The highest BCUT2D eigenvalue weighted by Gasteiger charge is 2.39. The van der Waals surface area contributed by atoms with Crippen LogP contribution in [0.25, 0.3) is 0 Å². The van der Waals surface area contributed by atoms with Crippen molar-refractivity contribution in [2.45, 2.75) is 23.8 Å². The summed E-state index contributed by atoms with van der Waals surface area (Å²) in [5.41, 5.74) is 0.654. The van der Waals surface area contributed by atoms with Gasteiger partial charge in [0.1, 0.15) is 6.04 Å². The van der Waals surface area contributed by atoms with E-state index in [0.29, 0.717) is 30.1 Å². The number of nitrogens with one attached hydrogen (secondary N) is 1. The van der Waals surface area contributed by atoms with Crippen molar-refractivity contribution < 1.29 is 13.2 Å². The third-order valence-electron chi connectivity index (χ3n) is 4.04. The quantitative estimate of drug-likeness (QED) is 0.664. The summed E-state index contributed by atoms with van der Waals surface area (Å²) in [7, 11) is -3.74. The minimum Gasteiger partial charge on any atom is -0.325 e. The first kappa shape index (κ1) is 18.6. The van der Waals surface area contributed by atoms with Crippen LogP contribution in [-0.4, -0.2) is 31.2 Å². The average molecular weight is 491 g/mol. The monoisotopic (exact) mass is 490 g/mol. The maximum Gasteiger partial charge on any atom is 0.243 e. The fraction of sp³-hybridized carbons (Fsp3) is 0.235. The van der Waals surface area contributed by atoms with Crippen molar-refractivity contribution in [1.82, 2.24) is 4.31 Å². The van der Waals surface area contributed by atoms with E-state index >= 15 is 0 Å². The summed E-state index contributed by atoms with van der Waals surface area (Å²) in [6.07, 6.45) is 1.15. The summed E-state index contributed by atoms with van der Waals surface area (Å²) in [5, 5.41) is 3.27. The van der Waals surface area contributed by atoms with Crippen LogP contribution in [0.5, 0.6) is 0 Å². The molecule has 1 aliphatic heterocycles. The Morgan fingerprint density at radius 2 is 1.76 bits per heavy atom. The molecule has 1 atom stereocenters. The van der Waals surface area contributed by atoms with Gasteiger partial charge in [-0.3, -0.25) is 4.79 Å². The molecule has 0 radical (unpaired) electrons. The van der Waals surface area contributed by atoms with Gasteiger partial charge in [0.25, 0.3) is 0 Å². The molecule has 1 saturated heterocycles. The first-order valence-electron chi connectivity index (χ1n) is 7.72. The van der Waals surface area contributed by atoms with E-state index in [1.54, 1.807) is 12.1 Å². The Balaban J connectivity index is 1.80. The topological polar surface area (TPSA) is 66.5 Å². The number of nitrogens with zero attached hydrogens (tertiary/aromatic N) is 1. The van der Waals surface area contributed by atoms with Crippen LogP contribution in [0.2, 0.25) is 5.02 Å². The highest BCUT2D eigenvalue weighted by atomic mass is 127. The molecule has 1 unspecified atom stereocenters. The molecule has 0 bridgehead atoms. The molecule has 25 heavy (non-hydrogen) atoms. The Bertz CT molecular complexity index is 870. The number of halogens is 2. The Morgan fingerprint density at radius 3 is 2.40 bits per heavy atom. The second-order valence-corrected chi connectivity index (χ2v) is 9.30. The van der Waals surface area contributed by atoms with Gasteiger partial charge >= 0.3 is 0 Å². The number of sulfonamides is 1. The van der Waals surface area contributed by atoms with Gasteiger partial charge in [-0.1, -0.05) is 11.6 Å². The predicted octanol–water partition coefficient (Wildman–Crippen LogP) is 3.74. The molecule has 0 aliphatic carbocycles. The second-order valence-electron chi connectivity index (χ2n) is 5.72. The second kappa shape index (κ2) is 7.61. The SMILES string of the molecule is O=C(Nc1ccc(I)cc1)C1CCCN1S(=O)(=O)c1ccc(Cl)cc1. The molecule has 2 aromatic carbocycles. The van der Waals surface area contributed by atoms with Gasteiger partial charge in [0.15, 0.2) is 0 Å². The Kier molecular flexibility index (Phi) is 5.67. The highest BCUT2D eigenvalue weighted by molar-refractivity contribution is 14.1. The fourth-order valence-electron chi connectivity index (χ4n) is 2.79. The third-order valence-corrected chi connectivity index (χ3v) is 6.93. The molecule has 8 heteroatoms. The van der Waals surface area contributed by atoms with Gasteiger partial charge < -0.3 is 5.32 Å². The van der Waals surface area contributed by atoms with Crippen LogP contribution in [-0.2, 0) is 14.8 Å². The van der Waals surface area contributed by atoms with E-state index in [2.05, 4.69) is 27.9 Å². The van der Waals surface area contributed by atoms with Crippen molar-refractivity contribution in [2.75, 3.05) is 11.9 Å². The zero-order chi connectivity index (χ0) is 18.0. The maximum absolute atomic E-state index is 12.9. The van der Waals surface area contributed by atoms with E-state index in [1.807, 2.05) is 12.1 Å². The minimum absolute atomic E-state index is 0.144. The summed E-state index contributed by atoms with van der Waals surface area (Å²) < 4.78 is 28.1. The highest BCUT2D eigenvalue weighted by Crippen LogP contribution is 2.27. The van der Waals surface area contributed by atoms with E-state index in [0.717, 1.165) is 3.57 Å². The lowest BCUT2D eigenvalue weighted by Crippen LogP contribution is -2.43. The van der Waals surface area contributed by atoms with E-state index in [9.17, 15) is 13.2 Å². The van der Waals surface area contributed by atoms with Gasteiger partial charge in [-0.05, 0) is 84.0 Å². The average Bonchev–Trinajstić information content (AvgIpc) is 3.08. The molecular weight excluding hydrogens is 475 g/mol. The van der Waals surface area contributed by atoms with Crippen molar-refractivity contribution in [2.24, 2.45) is 0 Å². The lowest BCUT2D eigenvalue weighted by molar-refractivity contribution is -0.119. The molecule has 1 aliphatic rings. The van der Waals surface area contributed by atoms with Crippen molar-refractivity contribution in [3.8, 4) is 0 Å². The molecular formula is C17H16ClIN2O3S. The van der Waals surface area contributed by atoms with E-state index in [-0.39, 0.29) is 10.8 Å². The Labute approximate surface area is 165 Å². The fourth-order valence-corrected chi connectivity index (χ4v) is 4.93. The molecule has 1 amide bonds. The number of amides is 1. The lowest BCUT2D eigenvalue weighted by Gasteiger charge is -2.23. The van der Waals surface area contributed by atoms with Crippen LogP contribution in [0.4, 0.5) is 5.69 Å². The normalized spacial score (nSPS) is 18.2. The van der Waals surface area contributed by atoms with Crippen molar-refractivity contribution in [3.05, 3.63) is 57.1 Å². The summed E-state index contributed by atoms with van der Waals surface area (Å²) in [6, 6.07) is 12.6. The van der Waals surface area contributed by atoms with Crippen molar-refractivity contribution >= 4 is 55.8 Å². The maximum atomic E-state index is 12.9. The zero-order valence-corrected chi connectivity index (χ0v) is 16.9. The number of carbonyl (C=O) groups is 1. The lowest BCUT2D eigenvalue weighted by atomic mass is 10.2. The molecule has 1 fully saturated rings. The van der Waals surface area contributed by atoms with Crippen LogP contribution >= 0.6 is 34.2 Å².